The molecule has 0 bridgehead atoms. The number of hydrogen-bond donors (Lipinski definition) is 1. The first-order valence-corrected chi connectivity index (χ1v) is 8.77. The zero-order valence-electron chi connectivity index (χ0n) is 12.0. The highest BCUT2D eigenvalue weighted by Gasteiger charge is 2.15. The van der Waals surface area contributed by atoms with Crippen LogP contribution in [0.3, 0.4) is 0 Å². The maximum Gasteiger partial charge on any atom is 0.226 e. The van der Waals surface area contributed by atoms with Crippen LogP contribution in [-0.4, -0.2) is 58.3 Å². The highest BCUT2D eigenvalue weighted by molar-refractivity contribution is 7.90. The van der Waals surface area contributed by atoms with Crippen LogP contribution in [0.2, 0.25) is 0 Å². The molecule has 6 nitrogen and oxygen atoms in total. The number of rotatable bonds is 5. The number of benzene rings is 1. The molecule has 0 unspecified atom stereocenters. The minimum absolute atomic E-state index is 0.0873. The number of ether oxygens (including phenoxy) is 1. The largest absolute Gasteiger partial charge is 0.493 e. The van der Waals surface area contributed by atoms with E-state index < -0.39 is 9.84 Å². The van der Waals surface area contributed by atoms with E-state index in [4.69, 9.17) is 4.74 Å². The first-order chi connectivity index (χ1) is 9.97. The molecule has 2 rings (SSSR count). The fourth-order valence-electron chi connectivity index (χ4n) is 2.11. The minimum atomic E-state index is -3.19. The van der Waals surface area contributed by atoms with E-state index in [2.05, 4.69) is 5.32 Å². The number of sulfone groups is 1. The lowest BCUT2D eigenvalue weighted by molar-refractivity contribution is -0.132. The number of piperazine rings is 1. The zero-order chi connectivity index (χ0) is 15.3. The zero-order valence-corrected chi connectivity index (χ0v) is 12.9. The summed E-state index contributed by atoms with van der Waals surface area (Å²) in [5, 5.41) is 3.19. The van der Waals surface area contributed by atoms with Gasteiger partial charge in [-0.2, -0.15) is 0 Å². The Morgan fingerprint density at radius 2 is 1.86 bits per heavy atom. The van der Waals surface area contributed by atoms with Crippen molar-refractivity contribution in [1.82, 2.24) is 10.2 Å². The third-order valence-electron chi connectivity index (χ3n) is 3.31. The van der Waals surface area contributed by atoms with E-state index in [9.17, 15) is 13.2 Å². The molecule has 0 aromatic heterocycles. The summed E-state index contributed by atoms with van der Waals surface area (Å²) in [4.78, 5) is 14.0. The molecular weight excluding hydrogens is 292 g/mol. The number of carbonyl (C=O) groups excluding carboxylic acids is 1. The summed E-state index contributed by atoms with van der Waals surface area (Å²) in [6.07, 6.45) is 1.49. The molecule has 7 heteroatoms. The minimum Gasteiger partial charge on any atom is -0.493 e. The van der Waals surface area contributed by atoms with Crippen LogP contribution in [0.1, 0.15) is 6.42 Å². The van der Waals surface area contributed by atoms with Gasteiger partial charge >= 0.3 is 0 Å². The summed E-state index contributed by atoms with van der Waals surface area (Å²) >= 11 is 0. The van der Waals surface area contributed by atoms with E-state index in [1.165, 1.54) is 12.1 Å². The van der Waals surface area contributed by atoms with E-state index in [1.807, 2.05) is 4.90 Å². The van der Waals surface area contributed by atoms with Crippen molar-refractivity contribution in [2.45, 2.75) is 11.3 Å². The van der Waals surface area contributed by atoms with Gasteiger partial charge in [0.2, 0.25) is 5.91 Å². The molecule has 1 aliphatic heterocycles. The average molecular weight is 312 g/mol. The second-order valence-corrected chi connectivity index (χ2v) is 6.99. The van der Waals surface area contributed by atoms with Crippen molar-refractivity contribution in [2.75, 3.05) is 39.0 Å². The van der Waals surface area contributed by atoms with E-state index in [1.54, 1.807) is 12.1 Å². The number of nitrogens with one attached hydrogen (secondary N) is 1. The van der Waals surface area contributed by atoms with Gasteiger partial charge in [0.15, 0.2) is 9.84 Å². The Kier molecular flexibility index (Phi) is 5.19. The first kappa shape index (κ1) is 15.8. The lowest BCUT2D eigenvalue weighted by atomic mass is 10.3. The van der Waals surface area contributed by atoms with Crippen LogP contribution in [0.4, 0.5) is 0 Å². The van der Waals surface area contributed by atoms with Crippen molar-refractivity contribution in [1.29, 1.82) is 0 Å². The molecule has 1 saturated heterocycles. The lowest BCUT2D eigenvalue weighted by Crippen LogP contribution is -2.46. The van der Waals surface area contributed by atoms with Gasteiger partial charge < -0.3 is 15.0 Å². The van der Waals surface area contributed by atoms with Crippen molar-refractivity contribution >= 4 is 15.7 Å². The van der Waals surface area contributed by atoms with Crippen molar-refractivity contribution in [3.63, 3.8) is 0 Å². The predicted molar refractivity (Wildman–Crippen MR) is 79.1 cm³/mol. The van der Waals surface area contributed by atoms with Crippen LogP contribution in [0.25, 0.3) is 0 Å². The van der Waals surface area contributed by atoms with E-state index in [0.29, 0.717) is 18.8 Å². The van der Waals surface area contributed by atoms with Gasteiger partial charge in [0.25, 0.3) is 0 Å². The molecule has 0 saturated carbocycles. The Hall–Kier alpha value is -1.60. The summed E-state index contributed by atoms with van der Waals surface area (Å²) in [6.45, 7) is 3.43. The summed E-state index contributed by atoms with van der Waals surface area (Å²) < 4.78 is 28.1. The standard InChI is InChI=1S/C14H20N2O4S/c1-21(18,19)13-4-2-12(3-5-13)20-11-6-14(17)16-9-7-15-8-10-16/h2-5,15H,6-11H2,1H3. The quantitative estimate of drug-likeness (QED) is 0.846. The summed E-state index contributed by atoms with van der Waals surface area (Å²) in [7, 11) is -3.19. The van der Waals surface area contributed by atoms with Gasteiger partial charge in [0.05, 0.1) is 17.9 Å². The fraction of sp³-hybridized carbons (Fsp3) is 0.500. The molecule has 1 fully saturated rings. The molecule has 1 amide bonds. The molecule has 0 radical (unpaired) electrons. The Balaban J connectivity index is 1.79. The first-order valence-electron chi connectivity index (χ1n) is 6.88. The third kappa shape index (κ3) is 4.71. The highest BCUT2D eigenvalue weighted by Crippen LogP contribution is 2.16. The maximum absolute atomic E-state index is 11.9. The van der Waals surface area contributed by atoms with Gasteiger partial charge in [0.1, 0.15) is 5.75 Å². The summed E-state index contributed by atoms with van der Waals surface area (Å²) in [6, 6.07) is 6.21. The molecule has 1 N–H and O–H groups in total. The Labute approximate surface area is 125 Å². The molecule has 0 aliphatic carbocycles. The van der Waals surface area contributed by atoms with Crippen molar-refractivity contribution < 1.29 is 17.9 Å². The van der Waals surface area contributed by atoms with Crippen molar-refractivity contribution in [2.24, 2.45) is 0 Å². The van der Waals surface area contributed by atoms with Gasteiger partial charge in [-0.25, -0.2) is 8.42 Å². The number of carbonyl (C=O) groups is 1. The maximum atomic E-state index is 11.9. The molecule has 1 aliphatic rings. The topological polar surface area (TPSA) is 75.7 Å². The van der Waals surface area contributed by atoms with Gasteiger partial charge in [0, 0.05) is 32.4 Å². The number of nitrogens with zero attached hydrogens (tertiary/aromatic N) is 1. The van der Waals surface area contributed by atoms with Crippen LogP contribution in [0, 0.1) is 0 Å². The van der Waals surface area contributed by atoms with E-state index in [-0.39, 0.29) is 10.8 Å². The van der Waals surface area contributed by atoms with Gasteiger partial charge in [-0.15, -0.1) is 0 Å². The molecule has 0 spiro atoms. The Morgan fingerprint density at radius 3 is 2.43 bits per heavy atom. The number of amides is 1. The monoisotopic (exact) mass is 312 g/mol. The molecule has 116 valence electrons. The Morgan fingerprint density at radius 1 is 1.24 bits per heavy atom. The normalized spacial score (nSPS) is 15.8. The van der Waals surface area contributed by atoms with Crippen LogP contribution in [0.15, 0.2) is 29.2 Å². The third-order valence-corrected chi connectivity index (χ3v) is 4.43. The fourth-order valence-corrected chi connectivity index (χ4v) is 2.74. The SMILES string of the molecule is CS(=O)(=O)c1ccc(OCCC(=O)N2CCNCC2)cc1. The second kappa shape index (κ2) is 6.91. The molecule has 1 aromatic carbocycles. The van der Waals surface area contributed by atoms with Crippen LogP contribution in [-0.2, 0) is 14.6 Å². The van der Waals surface area contributed by atoms with Gasteiger partial charge in [-0.1, -0.05) is 0 Å². The smallest absolute Gasteiger partial charge is 0.226 e. The van der Waals surface area contributed by atoms with Crippen LogP contribution in [0.5, 0.6) is 5.75 Å². The Bertz CT molecular complexity index is 577. The number of hydrogen-bond acceptors (Lipinski definition) is 5. The molecule has 0 atom stereocenters. The average Bonchev–Trinajstić information content (AvgIpc) is 2.47. The summed E-state index contributed by atoms with van der Waals surface area (Å²) in [5.74, 6) is 0.653. The summed E-state index contributed by atoms with van der Waals surface area (Å²) in [5.41, 5.74) is 0. The molecule has 1 aromatic rings. The van der Waals surface area contributed by atoms with Crippen LogP contribution >= 0.6 is 0 Å². The van der Waals surface area contributed by atoms with Gasteiger partial charge in [-0.3, -0.25) is 4.79 Å². The lowest BCUT2D eigenvalue weighted by Gasteiger charge is -2.27. The molecule has 21 heavy (non-hydrogen) atoms. The highest BCUT2D eigenvalue weighted by atomic mass is 32.2. The molecule has 1 heterocycles. The van der Waals surface area contributed by atoms with Crippen molar-refractivity contribution in [3.8, 4) is 5.75 Å². The van der Waals surface area contributed by atoms with Gasteiger partial charge in [-0.05, 0) is 24.3 Å². The molecular formula is C14H20N2O4S. The van der Waals surface area contributed by atoms with E-state index in [0.717, 1.165) is 32.4 Å². The van der Waals surface area contributed by atoms with E-state index >= 15 is 0 Å². The van der Waals surface area contributed by atoms with Crippen LogP contribution < -0.4 is 10.1 Å². The second-order valence-electron chi connectivity index (χ2n) is 4.97. The van der Waals surface area contributed by atoms with Crippen molar-refractivity contribution in [3.05, 3.63) is 24.3 Å². The predicted octanol–water partition coefficient (Wildman–Crippen LogP) is 0.291.